The summed E-state index contributed by atoms with van der Waals surface area (Å²) < 4.78 is 39.8. The summed E-state index contributed by atoms with van der Waals surface area (Å²) in [6.07, 6.45) is -4.56. The number of hydrogen-bond donors (Lipinski definition) is 1. The van der Waals surface area contributed by atoms with Gasteiger partial charge in [-0.25, -0.2) is 0 Å². The van der Waals surface area contributed by atoms with Crippen molar-refractivity contribution in [3.63, 3.8) is 0 Å². The van der Waals surface area contributed by atoms with E-state index < -0.39 is 12.0 Å². The number of aromatic nitrogens is 2. The molecule has 1 heterocycles. The summed E-state index contributed by atoms with van der Waals surface area (Å²) in [6, 6.07) is 0. The summed E-state index contributed by atoms with van der Waals surface area (Å²) >= 11 is 0.582. The van der Waals surface area contributed by atoms with E-state index in [-0.39, 0.29) is 17.6 Å². The molecule has 1 N–H and O–H groups in total. The summed E-state index contributed by atoms with van der Waals surface area (Å²) in [4.78, 5) is 16.4. The molecule has 1 amide bonds. The first kappa shape index (κ1) is 14.7. The predicted molar refractivity (Wildman–Crippen MR) is 61.3 cm³/mol. The molecule has 5 nitrogen and oxygen atoms in total. The number of amides is 1. The molecule has 0 aliphatic heterocycles. The van der Waals surface area contributed by atoms with Crippen LogP contribution in [0.25, 0.3) is 0 Å². The second-order valence-corrected chi connectivity index (χ2v) is 4.09. The molecule has 102 valence electrons. The predicted octanol–water partition coefficient (Wildman–Crippen LogP) is 1.84. The summed E-state index contributed by atoms with van der Waals surface area (Å²) in [7, 11) is 0. The van der Waals surface area contributed by atoms with Gasteiger partial charge in [-0.05, 0) is 13.8 Å². The zero-order valence-electron chi connectivity index (χ0n) is 9.91. The maximum Gasteiger partial charge on any atom is 0.452 e. The van der Waals surface area contributed by atoms with Crippen LogP contribution in [0, 0.1) is 0 Å². The van der Waals surface area contributed by atoms with Gasteiger partial charge in [0.25, 0.3) is 0 Å². The Morgan fingerprint density at radius 3 is 2.44 bits per heavy atom. The van der Waals surface area contributed by atoms with E-state index in [0.29, 0.717) is 24.6 Å². The van der Waals surface area contributed by atoms with Gasteiger partial charge >= 0.3 is 6.18 Å². The fourth-order valence-corrected chi connectivity index (χ4v) is 1.83. The average molecular weight is 282 g/mol. The molecule has 0 radical (unpaired) electrons. The van der Waals surface area contributed by atoms with Crippen LogP contribution in [0.5, 0.6) is 0 Å². The average Bonchev–Trinajstić information content (AvgIpc) is 2.76. The third-order valence-corrected chi connectivity index (χ3v) is 2.86. The van der Waals surface area contributed by atoms with E-state index in [9.17, 15) is 18.0 Å². The highest BCUT2D eigenvalue weighted by Crippen LogP contribution is 2.28. The van der Waals surface area contributed by atoms with Crippen LogP contribution in [0.4, 0.5) is 18.3 Å². The lowest BCUT2D eigenvalue weighted by Crippen LogP contribution is -2.35. The van der Waals surface area contributed by atoms with Crippen molar-refractivity contribution in [3.05, 3.63) is 5.82 Å². The van der Waals surface area contributed by atoms with Crippen LogP contribution in [0.1, 0.15) is 19.7 Å². The quantitative estimate of drug-likeness (QED) is 0.895. The molecule has 1 aromatic rings. The Hall–Kier alpha value is -1.38. The van der Waals surface area contributed by atoms with Crippen molar-refractivity contribution in [2.24, 2.45) is 0 Å². The van der Waals surface area contributed by atoms with Crippen molar-refractivity contribution < 1.29 is 18.0 Å². The second kappa shape index (κ2) is 5.98. The van der Waals surface area contributed by atoms with Crippen LogP contribution in [0.3, 0.4) is 0 Å². The maximum atomic E-state index is 12.2. The van der Waals surface area contributed by atoms with E-state index in [2.05, 4.69) is 14.7 Å². The van der Waals surface area contributed by atoms with E-state index in [1.165, 1.54) is 0 Å². The number of carbonyl (C=O) groups excluding carboxylic acids is 1. The molecule has 1 rings (SSSR count). The van der Waals surface area contributed by atoms with Crippen LogP contribution in [0.2, 0.25) is 0 Å². The molecule has 0 aromatic carbocycles. The van der Waals surface area contributed by atoms with Gasteiger partial charge in [-0.3, -0.25) is 4.79 Å². The van der Waals surface area contributed by atoms with Crippen LogP contribution >= 0.6 is 11.5 Å². The first-order valence-electron chi connectivity index (χ1n) is 5.31. The monoisotopic (exact) mass is 282 g/mol. The molecular weight excluding hydrogens is 269 g/mol. The van der Waals surface area contributed by atoms with Crippen molar-refractivity contribution in [1.29, 1.82) is 0 Å². The van der Waals surface area contributed by atoms with Gasteiger partial charge in [0.1, 0.15) is 0 Å². The number of hydrogen-bond acceptors (Lipinski definition) is 5. The number of rotatable bonds is 5. The molecule has 18 heavy (non-hydrogen) atoms. The molecule has 1 aromatic heterocycles. The number of nitrogens with one attached hydrogen (secondary N) is 1. The van der Waals surface area contributed by atoms with Crippen LogP contribution in [-0.4, -0.2) is 39.8 Å². The number of carbonyl (C=O) groups is 1. The van der Waals surface area contributed by atoms with Gasteiger partial charge in [0.05, 0.1) is 6.54 Å². The first-order chi connectivity index (χ1) is 8.38. The van der Waals surface area contributed by atoms with Gasteiger partial charge in [0.15, 0.2) is 0 Å². The molecule has 9 heteroatoms. The summed E-state index contributed by atoms with van der Waals surface area (Å²) in [6.45, 7) is 4.68. The molecule has 0 bridgehead atoms. The summed E-state index contributed by atoms with van der Waals surface area (Å²) in [5, 5.41) is 2.53. The minimum Gasteiger partial charge on any atom is -0.351 e. The normalized spacial score (nSPS) is 11.4. The lowest BCUT2D eigenvalue weighted by Gasteiger charge is -2.18. The Morgan fingerprint density at radius 1 is 1.39 bits per heavy atom. The lowest BCUT2D eigenvalue weighted by atomic mass is 10.4. The first-order valence-corrected chi connectivity index (χ1v) is 6.08. The summed E-state index contributed by atoms with van der Waals surface area (Å²) in [5.41, 5.74) is 0. The van der Waals surface area contributed by atoms with Crippen molar-refractivity contribution >= 4 is 22.6 Å². The van der Waals surface area contributed by atoms with Crippen molar-refractivity contribution in [3.8, 4) is 0 Å². The minimum atomic E-state index is -4.56. The van der Waals surface area contributed by atoms with E-state index in [0.717, 1.165) is 0 Å². The maximum absolute atomic E-state index is 12.2. The van der Waals surface area contributed by atoms with Crippen molar-refractivity contribution in [2.75, 3.05) is 25.0 Å². The Morgan fingerprint density at radius 2 is 2.00 bits per heavy atom. The van der Waals surface area contributed by atoms with Crippen LogP contribution < -0.4 is 5.32 Å². The standard InChI is InChI=1S/C9H13F3N4OS/c1-3-16(4-2)6(17)5-13-8-14-7(15-18-8)9(10,11)12/h3-5H2,1-2H3,(H,13,14,15). The Kier molecular flexibility index (Phi) is 4.88. The van der Waals surface area contributed by atoms with Gasteiger partial charge in [-0.2, -0.15) is 22.5 Å². The molecule has 0 atom stereocenters. The molecule has 0 aliphatic carbocycles. The number of nitrogens with zero attached hydrogens (tertiary/aromatic N) is 3. The number of halogens is 3. The minimum absolute atomic E-state index is 0.0113. The Bertz CT molecular complexity index is 403. The van der Waals surface area contributed by atoms with E-state index in [1.54, 1.807) is 4.90 Å². The highest BCUT2D eigenvalue weighted by molar-refractivity contribution is 7.09. The zero-order valence-corrected chi connectivity index (χ0v) is 10.7. The number of likely N-dealkylation sites (N-methyl/N-ethyl adjacent to an activating group) is 1. The smallest absolute Gasteiger partial charge is 0.351 e. The molecule has 0 unspecified atom stereocenters. The van der Waals surface area contributed by atoms with E-state index in [4.69, 9.17) is 0 Å². The SMILES string of the molecule is CCN(CC)C(=O)CNc1nc(C(F)(F)F)ns1. The highest BCUT2D eigenvalue weighted by Gasteiger charge is 2.36. The van der Waals surface area contributed by atoms with Gasteiger partial charge in [-0.15, -0.1) is 0 Å². The fraction of sp³-hybridized carbons (Fsp3) is 0.667. The molecule has 0 fully saturated rings. The Balaban J connectivity index is 2.54. The molecule has 0 saturated carbocycles. The van der Waals surface area contributed by atoms with Crippen molar-refractivity contribution in [2.45, 2.75) is 20.0 Å². The zero-order chi connectivity index (χ0) is 13.8. The molecule has 0 saturated heterocycles. The molecular formula is C9H13F3N4OS. The van der Waals surface area contributed by atoms with Gasteiger partial charge < -0.3 is 10.2 Å². The van der Waals surface area contributed by atoms with E-state index in [1.807, 2.05) is 13.8 Å². The van der Waals surface area contributed by atoms with Gasteiger partial charge in [-0.1, -0.05) is 0 Å². The van der Waals surface area contributed by atoms with Crippen molar-refractivity contribution in [1.82, 2.24) is 14.3 Å². The van der Waals surface area contributed by atoms with Crippen LogP contribution in [-0.2, 0) is 11.0 Å². The topological polar surface area (TPSA) is 58.1 Å². The van der Waals surface area contributed by atoms with Gasteiger partial charge in [0, 0.05) is 24.6 Å². The van der Waals surface area contributed by atoms with Crippen LogP contribution in [0.15, 0.2) is 0 Å². The molecule has 0 aliphatic rings. The third kappa shape index (κ3) is 3.83. The third-order valence-electron chi connectivity index (χ3n) is 2.19. The lowest BCUT2D eigenvalue weighted by molar-refractivity contribution is -0.144. The highest BCUT2D eigenvalue weighted by atomic mass is 32.1. The second-order valence-electron chi connectivity index (χ2n) is 3.34. The Labute approximate surface area is 106 Å². The molecule has 0 spiro atoms. The fourth-order valence-electron chi connectivity index (χ4n) is 1.25. The van der Waals surface area contributed by atoms with Gasteiger partial charge in [0.2, 0.25) is 16.9 Å². The summed E-state index contributed by atoms with van der Waals surface area (Å²) in [5.74, 6) is -1.38. The number of alkyl halides is 3. The number of anilines is 1. The largest absolute Gasteiger partial charge is 0.452 e. The van der Waals surface area contributed by atoms with E-state index >= 15 is 0 Å².